The van der Waals surface area contributed by atoms with Gasteiger partial charge in [-0.2, -0.15) is 5.10 Å². The van der Waals surface area contributed by atoms with Crippen LogP contribution in [-0.2, 0) is 21.4 Å². The number of ether oxygens (including phenoxy) is 3. The maximum absolute atomic E-state index is 13.7. The van der Waals surface area contributed by atoms with Crippen LogP contribution in [0.1, 0.15) is 102 Å². The van der Waals surface area contributed by atoms with Crippen LogP contribution >= 0.6 is 0 Å². The Hall–Kier alpha value is -4.68. The molecule has 2 fully saturated rings. The van der Waals surface area contributed by atoms with Crippen molar-refractivity contribution in [2.45, 2.75) is 97.6 Å². The molecule has 1 saturated heterocycles. The number of likely N-dealkylation sites (tertiary alicyclic amines) is 1. The van der Waals surface area contributed by atoms with Gasteiger partial charge in [0.25, 0.3) is 5.91 Å². The van der Waals surface area contributed by atoms with Crippen LogP contribution in [0, 0.1) is 5.92 Å². The summed E-state index contributed by atoms with van der Waals surface area (Å²) in [6.45, 7) is 11.7. The number of carbonyl (C=O) groups is 4. The van der Waals surface area contributed by atoms with Crippen LogP contribution in [0.5, 0.6) is 11.5 Å². The number of aromatic nitrogens is 3. The van der Waals surface area contributed by atoms with Crippen LogP contribution in [0.15, 0.2) is 28.9 Å². The summed E-state index contributed by atoms with van der Waals surface area (Å²) < 4.78 is 25.1. The molecule has 3 heterocycles. The number of hydrogen-bond acceptors (Lipinski definition) is 10. The summed E-state index contributed by atoms with van der Waals surface area (Å²) in [5.74, 6) is -1.45. The average molecular weight is 664 g/mol. The van der Waals surface area contributed by atoms with Crippen molar-refractivity contribution in [1.29, 1.82) is 0 Å². The molecule has 0 bridgehead atoms. The van der Waals surface area contributed by atoms with Gasteiger partial charge in [0.05, 0.1) is 22.7 Å². The second-order valence-electron chi connectivity index (χ2n) is 13.7. The highest BCUT2D eigenvalue weighted by Gasteiger charge is 2.39. The lowest BCUT2D eigenvalue weighted by Crippen LogP contribution is -2.44. The van der Waals surface area contributed by atoms with E-state index < -0.39 is 35.6 Å². The van der Waals surface area contributed by atoms with Crippen molar-refractivity contribution in [3.8, 4) is 34.1 Å². The van der Waals surface area contributed by atoms with E-state index in [1.165, 1.54) is 11.0 Å². The Balaban J connectivity index is 1.60. The molecule has 1 atom stereocenters. The van der Waals surface area contributed by atoms with Gasteiger partial charge >= 0.3 is 18.0 Å². The first-order valence-electron chi connectivity index (χ1n) is 16.7. The third kappa shape index (κ3) is 7.55. The Morgan fingerprint density at radius 3 is 2.35 bits per heavy atom. The van der Waals surface area contributed by atoms with E-state index in [0.717, 1.165) is 12.8 Å². The number of esters is 2. The molecule has 2 aliphatic rings. The highest BCUT2D eigenvalue weighted by atomic mass is 16.6. The van der Waals surface area contributed by atoms with Crippen LogP contribution in [0.25, 0.3) is 22.6 Å². The second kappa shape index (κ2) is 14.2. The number of rotatable bonds is 9. The minimum atomic E-state index is -0.839. The van der Waals surface area contributed by atoms with Crippen molar-refractivity contribution in [3.63, 3.8) is 0 Å². The predicted octanol–water partition coefficient (Wildman–Crippen LogP) is 6.02. The van der Waals surface area contributed by atoms with Crippen molar-refractivity contribution in [2.24, 2.45) is 13.0 Å². The SMILES string of the molecule is CCNC(=O)c1noc(-c2cc(C(C)C)c(OC(=O)[C@@H]3CCCN3C(=O)OC(C)(C)C)cc2OC(=O)C2CCCC2)c1-c1ccn(C)n1. The van der Waals surface area contributed by atoms with E-state index in [-0.39, 0.29) is 34.8 Å². The molecule has 13 nitrogen and oxygen atoms in total. The highest BCUT2D eigenvalue weighted by molar-refractivity contribution is 6.02. The van der Waals surface area contributed by atoms with E-state index >= 15 is 0 Å². The first kappa shape index (κ1) is 34.6. The largest absolute Gasteiger partial charge is 0.444 e. The van der Waals surface area contributed by atoms with Gasteiger partial charge in [-0.15, -0.1) is 0 Å². The molecular weight excluding hydrogens is 618 g/mol. The van der Waals surface area contributed by atoms with Crippen molar-refractivity contribution >= 4 is 23.9 Å². The Morgan fingerprint density at radius 1 is 1.02 bits per heavy atom. The lowest BCUT2D eigenvalue weighted by molar-refractivity contribution is -0.139. The quantitative estimate of drug-likeness (QED) is 0.212. The third-order valence-corrected chi connectivity index (χ3v) is 8.46. The fourth-order valence-corrected chi connectivity index (χ4v) is 6.12. The lowest BCUT2D eigenvalue weighted by Gasteiger charge is -2.28. The number of nitrogens with zero attached hydrogens (tertiary/aromatic N) is 4. The van der Waals surface area contributed by atoms with Crippen LogP contribution in [0.2, 0.25) is 0 Å². The number of carbonyl (C=O) groups excluding carboxylic acids is 4. The maximum atomic E-state index is 13.7. The van der Waals surface area contributed by atoms with Crippen molar-refractivity contribution < 1.29 is 37.9 Å². The van der Waals surface area contributed by atoms with E-state index in [0.29, 0.717) is 61.2 Å². The predicted molar refractivity (Wildman–Crippen MR) is 175 cm³/mol. The Kier molecular flexibility index (Phi) is 10.3. The van der Waals surface area contributed by atoms with Gasteiger partial charge in [0.15, 0.2) is 11.5 Å². The molecule has 1 N–H and O–H groups in total. The molecule has 0 unspecified atom stereocenters. The molecule has 48 heavy (non-hydrogen) atoms. The van der Waals surface area contributed by atoms with Crippen molar-refractivity contribution in [1.82, 2.24) is 25.2 Å². The molecule has 13 heteroatoms. The van der Waals surface area contributed by atoms with Gasteiger partial charge in [0, 0.05) is 32.4 Å². The average Bonchev–Trinajstić information content (AvgIpc) is 3.83. The smallest absolute Gasteiger partial charge is 0.411 e. The number of benzene rings is 1. The van der Waals surface area contributed by atoms with E-state index in [1.54, 1.807) is 57.8 Å². The van der Waals surface area contributed by atoms with Gasteiger partial charge in [-0.05, 0) is 77.0 Å². The second-order valence-corrected chi connectivity index (χ2v) is 13.7. The first-order chi connectivity index (χ1) is 22.8. The standard InChI is InChI=1S/C35H45N5O8/c1-8-36-31(41)29-28(24-15-17-39(7)37-24)30(48-38-29)23-18-22(20(2)3)26(19-27(23)45-32(42)21-12-9-10-13-21)46-33(43)25-14-11-16-40(25)34(44)47-35(4,5)6/h15,17-21,25H,8-14,16H2,1-7H3,(H,36,41)/t25-/m0/s1. The van der Waals surface area contributed by atoms with Crippen LogP contribution < -0.4 is 14.8 Å². The zero-order valence-electron chi connectivity index (χ0n) is 28.8. The molecule has 0 spiro atoms. The van der Waals surface area contributed by atoms with Crippen LogP contribution in [-0.4, -0.2) is 68.5 Å². The minimum absolute atomic E-state index is 0.0312. The topological polar surface area (TPSA) is 155 Å². The number of hydrogen-bond donors (Lipinski definition) is 1. The molecular formula is C35H45N5O8. The molecule has 0 radical (unpaired) electrons. The van der Waals surface area contributed by atoms with E-state index in [4.69, 9.17) is 18.7 Å². The molecule has 1 aliphatic heterocycles. The van der Waals surface area contributed by atoms with E-state index in [1.807, 2.05) is 13.8 Å². The molecule has 258 valence electrons. The molecule has 2 amide bonds. The number of amides is 2. The monoisotopic (exact) mass is 663 g/mol. The minimum Gasteiger partial charge on any atom is -0.444 e. The van der Waals surface area contributed by atoms with E-state index in [9.17, 15) is 19.2 Å². The normalized spacial score (nSPS) is 16.8. The first-order valence-corrected chi connectivity index (χ1v) is 16.7. The van der Waals surface area contributed by atoms with Crippen molar-refractivity contribution in [3.05, 3.63) is 35.7 Å². The Morgan fingerprint density at radius 2 is 1.73 bits per heavy atom. The highest BCUT2D eigenvalue weighted by Crippen LogP contribution is 2.44. The number of nitrogens with one attached hydrogen (secondary N) is 1. The fourth-order valence-electron chi connectivity index (χ4n) is 6.12. The third-order valence-electron chi connectivity index (χ3n) is 8.46. The summed E-state index contributed by atoms with van der Waals surface area (Å²) in [6.07, 6.45) is 5.48. The Labute approximate surface area is 280 Å². The van der Waals surface area contributed by atoms with Gasteiger partial charge in [-0.3, -0.25) is 19.2 Å². The summed E-state index contributed by atoms with van der Waals surface area (Å²) in [5.41, 5.74) is 1.04. The van der Waals surface area contributed by atoms with Gasteiger partial charge in [0.2, 0.25) is 0 Å². The molecule has 2 aromatic heterocycles. The van der Waals surface area contributed by atoms with Gasteiger partial charge in [-0.1, -0.05) is 31.8 Å². The van der Waals surface area contributed by atoms with Gasteiger partial charge in [-0.25, -0.2) is 9.59 Å². The number of aryl methyl sites for hydroxylation is 1. The van der Waals surface area contributed by atoms with Gasteiger partial charge < -0.3 is 24.1 Å². The van der Waals surface area contributed by atoms with Crippen LogP contribution in [0.4, 0.5) is 4.79 Å². The van der Waals surface area contributed by atoms with Crippen molar-refractivity contribution in [2.75, 3.05) is 13.1 Å². The molecule has 3 aromatic rings. The summed E-state index contributed by atoms with van der Waals surface area (Å²) in [4.78, 5) is 54.6. The summed E-state index contributed by atoms with van der Waals surface area (Å²) in [6, 6.07) is 4.15. The van der Waals surface area contributed by atoms with Crippen LogP contribution in [0.3, 0.4) is 0 Å². The maximum Gasteiger partial charge on any atom is 0.411 e. The van der Waals surface area contributed by atoms with E-state index in [2.05, 4.69) is 15.6 Å². The summed E-state index contributed by atoms with van der Waals surface area (Å²) >= 11 is 0. The fraction of sp³-hybridized carbons (Fsp3) is 0.543. The lowest BCUT2D eigenvalue weighted by atomic mass is 9.95. The van der Waals surface area contributed by atoms with Gasteiger partial charge in [0.1, 0.15) is 23.1 Å². The molecule has 5 rings (SSSR count). The molecule has 1 aliphatic carbocycles. The molecule has 1 saturated carbocycles. The Bertz CT molecular complexity index is 1680. The summed E-state index contributed by atoms with van der Waals surface area (Å²) in [7, 11) is 1.76. The zero-order valence-corrected chi connectivity index (χ0v) is 28.8. The summed E-state index contributed by atoms with van der Waals surface area (Å²) in [5, 5.41) is 11.4. The molecule has 1 aromatic carbocycles. The zero-order chi connectivity index (χ0) is 34.7.